The lowest BCUT2D eigenvalue weighted by molar-refractivity contribution is 0.0984. The Morgan fingerprint density at radius 1 is 1.31 bits per heavy atom. The first kappa shape index (κ1) is 8.18. The highest BCUT2D eigenvalue weighted by atomic mass is 32.2. The molecule has 0 saturated heterocycles. The first-order chi connectivity index (χ1) is 6.00. The van der Waals surface area contributed by atoms with E-state index in [4.69, 9.17) is 0 Å². The molecular weight excluding hydrogens is 197 g/mol. The second kappa shape index (κ2) is 2.29. The van der Waals surface area contributed by atoms with Crippen LogP contribution in [-0.2, 0) is 10.0 Å². The Morgan fingerprint density at radius 2 is 2.00 bits per heavy atom. The summed E-state index contributed by atoms with van der Waals surface area (Å²) in [7, 11) is -3.74. The minimum absolute atomic E-state index is 0.139. The lowest BCUT2D eigenvalue weighted by atomic mass is 10.2. The van der Waals surface area contributed by atoms with Gasteiger partial charge in [-0.25, -0.2) is 17.5 Å². The number of benzene rings is 1. The van der Waals surface area contributed by atoms with Gasteiger partial charge in [-0.2, -0.15) is 0 Å². The average molecular weight is 201 g/mol. The zero-order valence-corrected chi connectivity index (χ0v) is 7.06. The summed E-state index contributed by atoms with van der Waals surface area (Å²) in [4.78, 5) is 10.8. The van der Waals surface area contributed by atoms with E-state index in [-0.39, 0.29) is 10.5 Å². The molecular formula is C7H4FNO3S. The summed E-state index contributed by atoms with van der Waals surface area (Å²) in [5.74, 6) is -1.42. The summed E-state index contributed by atoms with van der Waals surface area (Å²) in [5.41, 5.74) is -0.139. The molecule has 4 nitrogen and oxygen atoms in total. The standard InChI is InChI=1S/C7H4FNO3S/c8-4-1-2-6-5(3-4)7(10)9-13(6,11)12/h1-3H,(H,9,10). The third kappa shape index (κ3) is 1.10. The molecule has 68 valence electrons. The largest absolute Gasteiger partial charge is 0.268 e. The molecule has 1 N–H and O–H groups in total. The molecule has 1 aromatic rings. The van der Waals surface area contributed by atoms with Gasteiger partial charge in [-0.1, -0.05) is 0 Å². The SMILES string of the molecule is O=C1NS(=O)(=O)c2ccc(F)cc21. The van der Waals surface area contributed by atoms with Gasteiger partial charge in [0.25, 0.3) is 15.9 Å². The van der Waals surface area contributed by atoms with Crippen molar-refractivity contribution in [2.24, 2.45) is 0 Å². The molecule has 0 unspecified atom stereocenters. The van der Waals surface area contributed by atoms with Crippen LogP contribution >= 0.6 is 0 Å². The Hall–Kier alpha value is -1.43. The van der Waals surface area contributed by atoms with E-state index in [1.165, 1.54) is 0 Å². The quantitative estimate of drug-likeness (QED) is 0.654. The van der Waals surface area contributed by atoms with E-state index >= 15 is 0 Å². The fourth-order valence-electron chi connectivity index (χ4n) is 1.15. The van der Waals surface area contributed by atoms with Crippen LogP contribution in [0.1, 0.15) is 10.4 Å². The number of sulfonamides is 1. The Kier molecular flexibility index (Phi) is 1.44. The van der Waals surface area contributed by atoms with E-state index in [2.05, 4.69) is 0 Å². The number of carbonyl (C=O) groups is 1. The summed E-state index contributed by atoms with van der Waals surface area (Å²) < 4.78 is 36.6. The van der Waals surface area contributed by atoms with Crippen LogP contribution in [0.2, 0.25) is 0 Å². The van der Waals surface area contributed by atoms with Gasteiger partial charge >= 0.3 is 0 Å². The number of fused-ring (bicyclic) bond motifs is 1. The van der Waals surface area contributed by atoms with Gasteiger partial charge in [-0.05, 0) is 18.2 Å². The maximum atomic E-state index is 12.6. The van der Waals surface area contributed by atoms with Gasteiger partial charge in [0, 0.05) is 0 Å². The van der Waals surface area contributed by atoms with E-state index in [0.717, 1.165) is 18.2 Å². The van der Waals surface area contributed by atoms with Crippen molar-refractivity contribution in [3.63, 3.8) is 0 Å². The van der Waals surface area contributed by atoms with Gasteiger partial charge in [0.1, 0.15) is 10.7 Å². The van der Waals surface area contributed by atoms with Crippen LogP contribution in [0.5, 0.6) is 0 Å². The third-order valence-electron chi connectivity index (χ3n) is 1.70. The fourth-order valence-corrected chi connectivity index (χ4v) is 2.30. The zero-order valence-electron chi connectivity index (χ0n) is 6.24. The summed E-state index contributed by atoms with van der Waals surface area (Å²) >= 11 is 0. The Labute approximate surface area is 73.4 Å². The second-order valence-corrected chi connectivity index (χ2v) is 4.23. The van der Waals surface area contributed by atoms with Gasteiger partial charge in [0.2, 0.25) is 0 Å². The average Bonchev–Trinajstić information content (AvgIpc) is 2.22. The predicted molar refractivity (Wildman–Crippen MR) is 41.1 cm³/mol. The smallest absolute Gasteiger partial charge is 0.266 e. The van der Waals surface area contributed by atoms with Gasteiger partial charge in [-0.15, -0.1) is 0 Å². The maximum absolute atomic E-state index is 12.6. The minimum Gasteiger partial charge on any atom is -0.268 e. The van der Waals surface area contributed by atoms with E-state index in [1.807, 2.05) is 0 Å². The highest BCUT2D eigenvalue weighted by Crippen LogP contribution is 2.22. The molecule has 1 aromatic carbocycles. The molecule has 1 aliphatic rings. The van der Waals surface area contributed by atoms with Crippen molar-refractivity contribution in [1.29, 1.82) is 0 Å². The van der Waals surface area contributed by atoms with E-state index < -0.39 is 21.7 Å². The molecule has 0 fully saturated rings. The number of hydrogen-bond donors (Lipinski definition) is 1. The highest BCUT2D eigenvalue weighted by Gasteiger charge is 2.32. The van der Waals surface area contributed by atoms with Crippen molar-refractivity contribution in [2.75, 3.05) is 0 Å². The van der Waals surface area contributed by atoms with E-state index in [0.29, 0.717) is 0 Å². The number of nitrogens with one attached hydrogen (secondary N) is 1. The van der Waals surface area contributed by atoms with Crippen LogP contribution in [0.3, 0.4) is 0 Å². The molecule has 1 aliphatic heterocycles. The molecule has 1 amide bonds. The summed E-state index contributed by atoms with van der Waals surface area (Å²) in [6.45, 7) is 0. The van der Waals surface area contributed by atoms with Crippen LogP contribution < -0.4 is 4.72 Å². The highest BCUT2D eigenvalue weighted by molar-refractivity contribution is 7.90. The van der Waals surface area contributed by atoms with Crippen molar-refractivity contribution in [1.82, 2.24) is 4.72 Å². The van der Waals surface area contributed by atoms with Gasteiger partial charge < -0.3 is 0 Å². The number of halogens is 1. The Balaban J connectivity index is 2.80. The predicted octanol–water partition coefficient (Wildman–Crippen LogP) is 0.258. The first-order valence-corrected chi connectivity index (χ1v) is 4.86. The van der Waals surface area contributed by atoms with Gasteiger partial charge in [-0.3, -0.25) is 4.79 Å². The summed E-state index contributed by atoms with van der Waals surface area (Å²) in [6, 6.07) is 2.96. The number of carbonyl (C=O) groups excluding carboxylic acids is 1. The van der Waals surface area contributed by atoms with Crippen LogP contribution in [-0.4, -0.2) is 14.3 Å². The molecule has 2 rings (SSSR count). The summed E-state index contributed by atoms with van der Waals surface area (Å²) in [6.07, 6.45) is 0. The molecule has 0 aliphatic carbocycles. The van der Waals surface area contributed by atoms with Gasteiger partial charge in [0.05, 0.1) is 5.56 Å². The normalized spacial score (nSPS) is 18.1. The lowest BCUT2D eigenvalue weighted by Gasteiger charge is -1.93. The molecule has 6 heteroatoms. The van der Waals surface area contributed by atoms with Crippen LogP contribution in [0.4, 0.5) is 4.39 Å². The molecule has 0 bridgehead atoms. The Morgan fingerprint density at radius 3 is 2.69 bits per heavy atom. The van der Waals surface area contributed by atoms with Crippen LogP contribution in [0.15, 0.2) is 23.1 Å². The molecule has 1 heterocycles. The molecule has 0 saturated carbocycles. The summed E-state index contributed by atoms with van der Waals surface area (Å²) in [5, 5.41) is 0. The van der Waals surface area contributed by atoms with Crippen molar-refractivity contribution < 1.29 is 17.6 Å². The second-order valence-electron chi connectivity index (χ2n) is 2.58. The molecule has 0 aromatic heterocycles. The monoisotopic (exact) mass is 201 g/mol. The van der Waals surface area contributed by atoms with Crippen molar-refractivity contribution >= 4 is 15.9 Å². The zero-order chi connectivity index (χ0) is 9.64. The van der Waals surface area contributed by atoms with E-state index in [9.17, 15) is 17.6 Å². The first-order valence-electron chi connectivity index (χ1n) is 3.37. The van der Waals surface area contributed by atoms with Crippen molar-refractivity contribution in [3.05, 3.63) is 29.6 Å². The van der Waals surface area contributed by atoms with Crippen molar-refractivity contribution in [3.8, 4) is 0 Å². The van der Waals surface area contributed by atoms with Crippen molar-refractivity contribution in [2.45, 2.75) is 4.90 Å². The Bertz CT molecular complexity index is 494. The molecule has 0 atom stereocenters. The minimum atomic E-state index is -3.74. The number of amides is 1. The van der Waals surface area contributed by atoms with E-state index in [1.54, 1.807) is 4.72 Å². The molecule has 0 radical (unpaired) electrons. The maximum Gasteiger partial charge on any atom is 0.266 e. The number of hydrogen-bond acceptors (Lipinski definition) is 3. The van der Waals surface area contributed by atoms with Crippen LogP contribution in [0.25, 0.3) is 0 Å². The topological polar surface area (TPSA) is 63.2 Å². The lowest BCUT2D eigenvalue weighted by Crippen LogP contribution is -2.20. The molecule has 0 spiro atoms. The third-order valence-corrected chi connectivity index (χ3v) is 3.09. The fraction of sp³-hybridized carbons (Fsp3) is 0. The number of rotatable bonds is 0. The van der Waals surface area contributed by atoms with Crippen LogP contribution in [0, 0.1) is 5.82 Å². The van der Waals surface area contributed by atoms with Gasteiger partial charge in [0.15, 0.2) is 0 Å². The molecule has 13 heavy (non-hydrogen) atoms.